The van der Waals surface area contributed by atoms with Gasteiger partial charge in [0.2, 0.25) is 0 Å². The zero-order valence-electron chi connectivity index (χ0n) is 11.5. The fourth-order valence-corrected chi connectivity index (χ4v) is 1.14. The van der Waals surface area contributed by atoms with Gasteiger partial charge >= 0.3 is 12.1 Å². The van der Waals surface area contributed by atoms with E-state index in [1.165, 1.54) is 6.07 Å². The summed E-state index contributed by atoms with van der Waals surface area (Å²) in [6.07, 6.45) is -4.26. The molecule has 0 bridgehead atoms. The number of carboxylic acid groups (broad SMARTS) is 1. The number of nitrogens with two attached hydrogens (primary N) is 1. The minimum Gasteiger partial charge on any atom is -0.480 e. The normalized spacial score (nSPS) is 12.4. The number of alkyl halides is 3. The molecule has 20 heavy (non-hydrogen) atoms. The van der Waals surface area contributed by atoms with E-state index in [4.69, 9.17) is 10.8 Å². The molecule has 7 heteroatoms. The molecule has 0 heterocycles. The average Bonchev–Trinajstić information content (AvgIpc) is 2.37. The van der Waals surface area contributed by atoms with Crippen LogP contribution in [0.25, 0.3) is 0 Å². The Balaban J connectivity index is 0.000000396. The lowest BCUT2D eigenvalue weighted by atomic mass is 10.1. The van der Waals surface area contributed by atoms with Crippen LogP contribution >= 0.6 is 0 Å². The first kappa shape index (κ1) is 18.2. The lowest BCUT2D eigenvalue weighted by molar-refractivity contribution is -0.139. The highest BCUT2D eigenvalue weighted by Crippen LogP contribution is 2.30. The molecule has 0 saturated carbocycles. The van der Waals surface area contributed by atoms with Crippen molar-refractivity contribution in [3.05, 3.63) is 29.8 Å². The van der Waals surface area contributed by atoms with Gasteiger partial charge in [0.15, 0.2) is 0 Å². The second-order valence-electron chi connectivity index (χ2n) is 4.44. The minimum atomic E-state index is -4.26. The monoisotopic (exact) mass is 292 g/mol. The largest absolute Gasteiger partial charge is 0.480 e. The molecule has 0 saturated heterocycles. The Hall–Kier alpha value is -1.76. The topological polar surface area (TPSA) is 75.4 Å². The Bertz CT molecular complexity index is 434. The number of carbonyl (C=O) groups is 1. The van der Waals surface area contributed by atoms with E-state index in [1.54, 1.807) is 27.0 Å². The van der Waals surface area contributed by atoms with Crippen molar-refractivity contribution in [2.75, 3.05) is 12.4 Å². The number of nitrogens with one attached hydrogen (secondary N) is 1. The van der Waals surface area contributed by atoms with Gasteiger partial charge in [-0.15, -0.1) is 0 Å². The molecule has 0 unspecified atom stereocenters. The lowest BCUT2D eigenvalue weighted by Crippen LogP contribution is -2.34. The molecule has 1 rings (SSSR count). The van der Waals surface area contributed by atoms with Crippen molar-refractivity contribution in [3.8, 4) is 0 Å². The second kappa shape index (κ2) is 7.74. The number of hydrogen-bond acceptors (Lipinski definition) is 3. The summed E-state index contributed by atoms with van der Waals surface area (Å²) in [5, 5.41) is 10.9. The predicted octanol–water partition coefficient (Wildman–Crippen LogP) is 2.80. The Morgan fingerprint density at radius 2 is 1.90 bits per heavy atom. The molecule has 0 aliphatic rings. The molecule has 0 fully saturated rings. The van der Waals surface area contributed by atoms with E-state index in [0.717, 1.165) is 12.1 Å². The van der Waals surface area contributed by atoms with Crippen LogP contribution in [0, 0.1) is 5.92 Å². The summed E-state index contributed by atoms with van der Waals surface area (Å²) in [4.78, 5) is 10.0. The van der Waals surface area contributed by atoms with Gasteiger partial charge in [0.1, 0.15) is 6.04 Å². The summed E-state index contributed by atoms with van der Waals surface area (Å²) < 4.78 is 36.2. The molecule has 0 radical (unpaired) electrons. The number of carboxylic acids is 1. The molecule has 1 atom stereocenters. The molecule has 1 aromatic rings. The standard InChI is InChI=1S/C8H8F3N.C5H11NO2/c1-12-7-4-2-3-6(5-7)8(9,10)11;1-3(2)4(6)5(7)8/h2-5,12H,1H3;3-4H,6H2,1-2H3,(H,7,8)/t;4-/m.0/s1. The van der Waals surface area contributed by atoms with Crippen LogP contribution in [0.3, 0.4) is 0 Å². The number of halogens is 3. The van der Waals surface area contributed by atoms with Crippen molar-refractivity contribution >= 4 is 11.7 Å². The van der Waals surface area contributed by atoms with Crippen LogP contribution in [0.2, 0.25) is 0 Å². The fourth-order valence-electron chi connectivity index (χ4n) is 1.14. The summed E-state index contributed by atoms with van der Waals surface area (Å²) in [6.45, 7) is 3.55. The zero-order chi connectivity index (χ0) is 15.9. The summed E-state index contributed by atoms with van der Waals surface area (Å²) in [5.74, 6) is -0.910. The Morgan fingerprint density at radius 3 is 2.20 bits per heavy atom. The van der Waals surface area contributed by atoms with Crippen LogP contribution in [0.5, 0.6) is 0 Å². The quantitative estimate of drug-likeness (QED) is 0.800. The summed E-state index contributed by atoms with van der Waals surface area (Å²) >= 11 is 0. The molecule has 1 aromatic carbocycles. The number of benzene rings is 1. The average molecular weight is 292 g/mol. The number of anilines is 1. The molecule has 0 aliphatic heterocycles. The van der Waals surface area contributed by atoms with Crippen molar-refractivity contribution < 1.29 is 23.1 Å². The number of rotatable bonds is 3. The van der Waals surface area contributed by atoms with Gasteiger partial charge in [-0.1, -0.05) is 19.9 Å². The van der Waals surface area contributed by atoms with E-state index in [2.05, 4.69) is 5.32 Å². The molecule has 0 aliphatic carbocycles. The maximum atomic E-state index is 12.1. The molecule has 114 valence electrons. The lowest BCUT2D eigenvalue weighted by Gasteiger charge is -2.07. The second-order valence-corrected chi connectivity index (χ2v) is 4.44. The first-order chi connectivity index (χ1) is 9.09. The molecule has 0 amide bonds. The maximum absolute atomic E-state index is 12.1. The highest BCUT2D eigenvalue weighted by Gasteiger charge is 2.30. The van der Waals surface area contributed by atoms with Crippen LogP contribution < -0.4 is 11.1 Å². The SMILES string of the molecule is CC(C)[C@H](N)C(=O)O.CNc1cccc(C(F)(F)F)c1. The van der Waals surface area contributed by atoms with Crippen molar-refractivity contribution in [1.82, 2.24) is 0 Å². The van der Waals surface area contributed by atoms with Gasteiger partial charge in [-0.2, -0.15) is 13.2 Å². The Labute approximate surface area is 115 Å². The summed E-state index contributed by atoms with van der Waals surface area (Å²) in [6, 6.07) is 4.35. The molecule has 0 spiro atoms. The molecule has 4 N–H and O–H groups in total. The minimum absolute atomic E-state index is 0.0208. The van der Waals surface area contributed by atoms with E-state index in [1.807, 2.05) is 0 Å². The number of hydrogen-bond donors (Lipinski definition) is 3. The van der Waals surface area contributed by atoms with Gasteiger partial charge < -0.3 is 16.2 Å². The van der Waals surface area contributed by atoms with Gasteiger partial charge in [-0.3, -0.25) is 4.79 Å². The fraction of sp³-hybridized carbons (Fsp3) is 0.462. The van der Waals surface area contributed by atoms with Gasteiger partial charge in [0.25, 0.3) is 0 Å². The van der Waals surface area contributed by atoms with Crippen LogP contribution in [-0.4, -0.2) is 24.2 Å². The predicted molar refractivity (Wildman–Crippen MR) is 71.4 cm³/mol. The van der Waals surface area contributed by atoms with Crippen molar-refractivity contribution in [1.29, 1.82) is 0 Å². The highest BCUT2D eigenvalue weighted by molar-refractivity contribution is 5.73. The third-order valence-corrected chi connectivity index (χ3v) is 2.48. The van der Waals surface area contributed by atoms with Crippen molar-refractivity contribution in [3.63, 3.8) is 0 Å². The first-order valence-electron chi connectivity index (χ1n) is 5.93. The van der Waals surface area contributed by atoms with Gasteiger partial charge in [-0.25, -0.2) is 0 Å². The van der Waals surface area contributed by atoms with Gasteiger partial charge in [0.05, 0.1) is 5.56 Å². The third kappa shape index (κ3) is 6.42. The summed E-state index contributed by atoms with van der Waals surface area (Å²) in [5.41, 5.74) is 4.99. The van der Waals surface area contributed by atoms with Crippen molar-refractivity contribution in [2.45, 2.75) is 26.1 Å². The van der Waals surface area contributed by atoms with Crippen LogP contribution in [0.1, 0.15) is 19.4 Å². The molecular weight excluding hydrogens is 273 g/mol. The van der Waals surface area contributed by atoms with E-state index >= 15 is 0 Å². The van der Waals surface area contributed by atoms with Gasteiger partial charge in [-0.05, 0) is 24.1 Å². The Morgan fingerprint density at radius 1 is 1.35 bits per heavy atom. The van der Waals surface area contributed by atoms with Crippen LogP contribution in [0.15, 0.2) is 24.3 Å². The smallest absolute Gasteiger partial charge is 0.416 e. The number of aliphatic carboxylic acids is 1. The molecule has 4 nitrogen and oxygen atoms in total. The van der Waals surface area contributed by atoms with Crippen LogP contribution in [0.4, 0.5) is 18.9 Å². The van der Waals surface area contributed by atoms with E-state index < -0.39 is 23.8 Å². The van der Waals surface area contributed by atoms with E-state index in [9.17, 15) is 18.0 Å². The van der Waals surface area contributed by atoms with Gasteiger partial charge in [0, 0.05) is 12.7 Å². The van der Waals surface area contributed by atoms with E-state index in [-0.39, 0.29) is 5.92 Å². The maximum Gasteiger partial charge on any atom is 0.416 e. The zero-order valence-corrected chi connectivity index (χ0v) is 11.5. The van der Waals surface area contributed by atoms with Crippen molar-refractivity contribution in [2.24, 2.45) is 11.7 Å². The van der Waals surface area contributed by atoms with E-state index in [0.29, 0.717) is 5.69 Å². The molecule has 0 aromatic heterocycles. The van der Waals surface area contributed by atoms with Crippen LogP contribution in [-0.2, 0) is 11.0 Å². The third-order valence-electron chi connectivity index (χ3n) is 2.48. The summed E-state index contributed by atoms with van der Waals surface area (Å²) in [7, 11) is 1.58. The first-order valence-corrected chi connectivity index (χ1v) is 5.93. The highest BCUT2D eigenvalue weighted by atomic mass is 19.4. The Kier molecular flexibility index (Phi) is 7.06. The molecular formula is C13H19F3N2O2.